The summed E-state index contributed by atoms with van der Waals surface area (Å²) in [5, 5.41) is 1.07. The minimum Gasteiger partial charge on any atom is -0.481 e. The summed E-state index contributed by atoms with van der Waals surface area (Å²) in [5.41, 5.74) is 0. The third-order valence-corrected chi connectivity index (χ3v) is 3.05. The van der Waals surface area contributed by atoms with E-state index in [0.717, 1.165) is 4.90 Å². The van der Waals surface area contributed by atoms with Gasteiger partial charge in [-0.2, -0.15) is 28.2 Å². The molecule has 0 N–H and O–H groups in total. The van der Waals surface area contributed by atoms with Crippen LogP contribution in [0.2, 0.25) is 5.02 Å². The molecule has 0 unspecified atom stereocenters. The van der Waals surface area contributed by atoms with Crippen LogP contribution in [0.25, 0.3) is 0 Å². The van der Waals surface area contributed by atoms with Crippen LogP contribution in [-0.4, -0.2) is 24.2 Å². The molecule has 0 bridgehead atoms. The average Bonchev–Trinajstić information content (AvgIpc) is 2.38. The molecule has 0 amide bonds. The van der Waals surface area contributed by atoms with Gasteiger partial charge >= 0.3 is 29.6 Å². The molecule has 0 fully saturated rings. The van der Waals surface area contributed by atoms with Crippen molar-refractivity contribution < 1.29 is 39.0 Å². The van der Waals surface area contributed by atoms with Gasteiger partial charge in [0.2, 0.25) is 11.8 Å². The maximum Gasteiger partial charge on any atom is 1.00 e. The van der Waals surface area contributed by atoms with Crippen molar-refractivity contribution in [2.45, 2.75) is 10.1 Å². The van der Waals surface area contributed by atoms with Gasteiger partial charge in [-0.3, -0.25) is 0 Å². The topological polar surface area (TPSA) is 44.2 Å². The Kier molecular flexibility index (Phi) is 6.96. The second-order valence-corrected chi connectivity index (χ2v) is 4.62. The molecule has 2 rings (SSSR count). The quantitative estimate of drug-likeness (QED) is 0.455. The number of ether oxygens (including phenoxy) is 2. The number of aromatic nitrogens is 2. The Labute approximate surface area is 143 Å². The summed E-state index contributed by atoms with van der Waals surface area (Å²) in [7, 11) is 3.09. The predicted molar refractivity (Wildman–Crippen MR) is 69.5 cm³/mol. The molecular weight excluding hydrogens is 295 g/mol. The Morgan fingerprint density at radius 2 is 1.79 bits per heavy atom. The molecule has 4 nitrogen and oxygen atoms in total. The Morgan fingerprint density at radius 3 is 2.32 bits per heavy atom. The van der Waals surface area contributed by atoms with Gasteiger partial charge in [-0.05, 0) is 0 Å². The molecule has 1 aromatic carbocycles. The van der Waals surface area contributed by atoms with Crippen molar-refractivity contribution in [1.82, 2.24) is 9.97 Å². The van der Waals surface area contributed by atoms with E-state index in [4.69, 9.17) is 21.1 Å². The van der Waals surface area contributed by atoms with E-state index in [9.17, 15) is 0 Å². The first-order valence-electron chi connectivity index (χ1n) is 5.04. The van der Waals surface area contributed by atoms with Crippen molar-refractivity contribution in [1.29, 1.82) is 0 Å². The molecule has 1 aromatic heterocycles. The SMILES string of the molecule is COc1cc(OC)nc(Sc2[c-]c(Cl)ccc2)n1.[Na+]. The van der Waals surface area contributed by atoms with Crippen LogP contribution in [0.3, 0.4) is 0 Å². The van der Waals surface area contributed by atoms with Gasteiger partial charge in [0.15, 0.2) is 5.16 Å². The first-order chi connectivity index (χ1) is 8.71. The van der Waals surface area contributed by atoms with Gasteiger partial charge in [-0.1, -0.05) is 21.7 Å². The van der Waals surface area contributed by atoms with Crippen LogP contribution in [0, 0.1) is 6.07 Å². The van der Waals surface area contributed by atoms with Crippen molar-refractivity contribution >= 4 is 23.4 Å². The van der Waals surface area contributed by atoms with E-state index in [2.05, 4.69) is 16.0 Å². The maximum absolute atomic E-state index is 5.87. The fourth-order valence-corrected chi connectivity index (χ4v) is 2.22. The van der Waals surface area contributed by atoms with E-state index in [1.807, 2.05) is 12.1 Å². The second-order valence-electron chi connectivity index (χ2n) is 3.20. The fourth-order valence-electron chi connectivity index (χ4n) is 1.22. The molecule has 0 aliphatic rings. The maximum atomic E-state index is 5.87. The van der Waals surface area contributed by atoms with E-state index in [1.54, 1.807) is 26.4 Å². The van der Waals surface area contributed by atoms with Crippen LogP contribution < -0.4 is 39.0 Å². The molecule has 2 aromatic rings. The molecule has 19 heavy (non-hydrogen) atoms. The molecular formula is C12H10ClN2NaO2S. The van der Waals surface area contributed by atoms with Crippen molar-refractivity contribution in [3.05, 3.63) is 35.4 Å². The zero-order valence-electron chi connectivity index (χ0n) is 10.8. The zero-order chi connectivity index (χ0) is 13.0. The summed E-state index contributed by atoms with van der Waals surface area (Å²) in [6.45, 7) is 0. The van der Waals surface area contributed by atoms with Gasteiger partial charge < -0.3 is 9.47 Å². The molecule has 0 aliphatic heterocycles. The van der Waals surface area contributed by atoms with Gasteiger partial charge in [0.05, 0.1) is 20.3 Å². The van der Waals surface area contributed by atoms with Gasteiger partial charge in [0.25, 0.3) is 0 Å². The standard InChI is InChI=1S/C12H10ClN2O2S.Na/c1-16-10-7-11(17-2)15-12(14-10)18-9-5-3-4-8(13)6-9;/h3-5,7H,1-2H3;/q-1;+1. The minimum absolute atomic E-state index is 0. The summed E-state index contributed by atoms with van der Waals surface area (Å²) in [6.07, 6.45) is 0. The summed E-state index contributed by atoms with van der Waals surface area (Å²) >= 11 is 7.21. The number of hydrogen-bond donors (Lipinski definition) is 0. The molecule has 0 saturated heterocycles. The first-order valence-corrected chi connectivity index (χ1v) is 6.23. The molecule has 0 radical (unpaired) electrons. The third-order valence-electron chi connectivity index (χ3n) is 2.01. The minimum atomic E-state index is 0. The number of hydrogen-bond acceptors (Lipinski definition) is 5. The summed E-state index contributed by atoms with van der Waals surface area (Å²) in [5.74, 6) is 0.901. The van der Waals surface area contributed by atoms with Gasteiger partial charge in [0.1, 0.15) is 0 Å². The number of benzene rings is 1. The number of rotatable bonds is 4. The van der Waals surface area contributed by atoms with Crippen molar-refractivity contribution in [2.75, 3.05) is 14.2 Å². The molecule has 1 heterocycles. The van der Waals surface area contributed by atoms with Crippen LogP contribution in [0.1, 0.15) is 0 Å². The molecule has 7 heteroatoms. The van der Waals surface area contributed by atoms with E-state index >= 15 is 0 Å². The Morgan fingerprint density at radius 1 is 1.16 bits per heavy atom. The number of methoxy groups -OCH3 is 2. The third kappa shape index (κ3) is 4.85. The van der Waals surface area contributed by atoms with E-state index in [0.29, 0.717) is 21.9 Å². The molecule has 94 valence electrons. The second kappa shape index (κ2) is 7.97. The van der Waals surface area contributed by atoms with Gasteiger partial charge in [-0.15, -0.1) is 17.7 Å². The number of halogens is 1. The van der Waals surface area contributed by atoms with Crippen molar-refractivity contribution in [2.24, 2.45) is 0 Å². The smallest absolute Gasteiger partial charge is 0.481 e. The monoisotopic (exact) mass is 304 g/mol. The van der Waals surface area contributed by atoms with Crippen LogP contribution in [0.5, 0.6) is 11.8 Å². The zero-order valence-corrected chi connectivity index (χ0v) is 14.4. The molecule has 0 atom stereocenters. The van der Waals surface area contributed by atoms with Crippen LogP contribution in [0.15, 0.2) is 34.3 Å². The van der Waals surface area contributed by atoms with E-state index in [1.165, 1.54) is 11.8 Å². The Balaban J connectivity index is 0.00000180. The normalized spacial score (nSPS) is 9.63. The number of nitrogens with zero attached hydrogens (tertiary/aromatic N) is 2. The van der Waals surface area contributed by atoms with Crippen LogP contribution >= 0.6 is 23.4 Å². The van der Waals surface area contributed by atoms with E-state index in [-0.39, 0.29) is 29.6 Å². The summed E-state index contributed by atoms with van der Waals surface area (Å²) in [4.78, 5) is 9.25. The summed E-state index contributed by atoms with van der Waals surface area (Å²) < 4.78 is 10.2. The van der Waals surface area contributed by atoms with Gasteiger partial charge in [-0.25, -0.2) is 0 Å². The fraction of sp³-hybridized carbons (Fsp3) is 0.167. The Bertz CT molecular complexity index is 535. The van der Waals surface area contributed by atoms with Crippen molar-refractivity contribution in [3.63, 3.8) is 0 Å². The summed E-state index contributed by atoms with van der Waals surface area (Å²) in [6, 6.07) is 10.1. The molecule has 0 aliphatic carbocycles. The van der Waals surface area contributed by atoms with Gasteiger partial charge in [0, 0.05) is 0 Å². The predicted octanol–water partition coefficient (Wildman–Crippen LogP) is 0.103. The Hall–Kier alpha value is -0.460. The molecule has 0 saturated carbocycles. The largest absolute Gasteiger partial charge is 1.00 e. The van der Waals surface area contributed by atoms with Crippen molar-refractivity contribution in [3.8, 4) is 11.8 Å². The van der Waals surface area contributed by atoms with Crippen LogP contribution in [-0.2, 0) is 0 Å². The first kappa shape index (κ1) is 16.6. The van der Waals surface area contributed by atoms with Crippen LogP contribution in [0.4, 0.5) is 0 Å². The van der Waals surface area contributed by atoms with E-state index < -0.39 is 0 Å². The average molecular weight is 305 g/mol. The molecule has 0 spiro atoms.